The zero-order valence-electron chi connectivity index (χ0n) is 8.97. The van der Waals surface area contributed by atoms with Crippen molar-refractivity contribution in [2.45, 2.75) is 18.6 Å². The fourth-order valence-corrected chi connectivity index (χ4v) is 3.55. The second kappa shape index (κ2) is 4.44. The lowest BCUT2D eigenvalue weighted by Crippen LogP contribution is -2.18. The van der Waals surface area contributed by atoms with Crippen LogP contribution in [0.3, 0.4) is 0 Å². The number of fused-ring (bicyclic) bond motifs is 1. The van der Waals surface area contributed by atoms with Crippen molar-refractivity contribution in [2.75, 3.05) is 0 Å². The Morgan fingerprint density at radius 1 is 1.35 bits per heavy atom. The van der Waals surface area contributed by atoms with Crippen LogP contribution in [0.5, 0.6) is 5.75 Å². The summed E-state index contributed by atoms with van der Waals surface area (Å²) in [6.45, 7) is 0. The van der Waals surface area contributed by atoms with Crippen LogP contribution in [0.4, 0.5) is 0 Å². The van der Waals surface area contributed by atoms with Gasteiger partial charge in [-0.2, -0.15) is 0 Å². The number of hydrogen-bond acceptors (Lipinski definition) is 3. The van der Waals surface area contributed by atoms with Crippen LogP contribution in [-0.2, 0) is 0 Å². The molecule has 0 saturated heterocycles. The summed E-state index contributed by atoms with van der Waals surface area (Å²) in [5.74, 6) is 0.792. The largest absolute Gasteiger partial charge is 0.484 e. The molecule has 4 heteroatoms. The summed E-state index contributed by atoms with van der Waals surface area (Å²) in [7, 11) is 0. The lowest BCUT2D eigenvalue weighted by molar-refractivity contribution is 0.0674. The standard InChI is InChI=1S/C13H11BrO2S/c14-8-5-13(17-7-8)12-6-10(15)9-3-1-2-4-11(9)16-12/h1-5,7,10,12,15H,6H2. The van der Waals surface area contributed by atoms with E-state index in [1.165, 1.54) is 0 Å². The van der Waals surface area contributed by atoms with Gasteiger partial charge in [-0.05, 0) is 28.1 Å². The highest BCUT2D eigenvalue weighted by molar-refractivity contribution is 9.10. The van der Waals surface area contributed by atoms with Crippen molar-refractivity contribution in [3.63, 3.8) is 0 Å². The van der Waals surface area contributed by atoms with Gasteiger partial charge in [0.25, 0.3) is 0 Å². The number of aliphatic hydroxyl groups is 1. The highest BCUT2D eigenvalue weighted by atomic mass is 79.9. The van der Waals surface area contributed by atoms with Gasteiger partial charge in [0, 0.05) is 26.7 Å². The molecule has 0 radical (unpaired) electrons. The molecule has 88 valence electrons. The topological polar surface area (TPSA) is 29.5 Å². The fraction of sp³-hybridized carbons (Fsp3) is 0.231. The van der Waals surface area contributed by atoms with Gasteiger partial charge < -0.3 is 9.84 Å². The molecule has 1 aliphatic rings. The van der Waals surface area contributed by atoms with E-state index in [-0.39, 0.29) is 6.10 Å². The second-order valence-corrected chi connectivity index (χ2v) is 5.92. The van der Waals surface area contributed by atoms with Crippen LogP contribution in [0.15, 0.2) is 40.2 Å². The molecule has 17 heavy (non-hydrogen) atoms. The quantitative estimate of drug-likeness (QED) is 0.860. The van der Waals surface area contributed by atoms with E-state index in [0.717, 1.165) is 20.7 Å². The number of halogens is 1. The average Bonchev–Trinajstić information content (AvgIpc) is 2.76. The van der Waals surface area contributed by atoms with Gasteiger partial charge in [0.15, 0.2) is 0 Å². The molecular weight excluding hydrogens is 300 g/mol. The smallest absolute Gasteiger partial charge is 0.136 e. The molecule has 2 atom stereocenters. The first-order valence-corrected chi connectivity index (χ1v) is 7.09. The van der Waals surface area contributed by atoms with E-state index >= 15 is 0 Å². The van der Waals surface area contributed by atoms with Gasteiger partial charge in [-0.25, -0.2) is 0 Å². The van der Waals surface area contributed by atoms with Crippen LogP contribution in [0.1, 0.15) is 29.1 Å². The van der Waals surface area contributed by atoms with Gasteiger partial charge in [-0.15, -0.1) is 11.3 Å². The number of hydrogen-bond donors (Lipinski definition) is 1. The maximum atomic E-state index is 10.1. The Balaban J connectivity index is 1.93. The van der Waals surface area contributed by atoms with Crippen molar-refractivity contribution in [3.8, 4) is 5.75 Å². The predicted molar refractivity (Wildman–Crippen MR) is 71.4 cm³/mol. The van der Waals surface area contributed by atoms with E-state index in [0.29, 0.717) is 6.42 Å². The summed E-state index contributed by atoms with van der Waals surface area (Å²) in [6, 6.07) is 9.73. The van der Waals surface area contributed by atoms with Crippen molar-refractivity contribution >= 4 is 27.3 Å². The van der Waals surface area contributed by atoms with Crippen LogP contribution in [0.2, 0.25) is 0 Å². The molecule has 0 saturated carbocycles. The van der Waals surface area contributed by atoms with Crippen molar-refractivity contribution in [1.29, 1.82) is 0 Å². The molecule has 0 aliphatic carbocycles. The Kier molecular flexibility index (Phi) is 2.94. The van der Waals surface area contributed by atoms with Gasteiger partial charge in [0.2, 0.25) is 0 Å². The van der Waals surface area contributed by atoms with Crippen LogP contribution >= 0.6 is 27.3 Å². The Bertz CT molecular complexity index is 538. The molecule has 0 fully saturated rings. The Morgan fingerprint density at radius 2 is 2.18 bits per heavy atom. The third-order valence-corrected chi connectivity index (χ3v) is 4.68. The van der Waals surface area contributed by atoms with E-state index < -0.39 is 6.10 Å². The summed E-state index contributed by atoms with van der Waals surface area (Å²) in [5, 5.41) is 12.1. The first-order valence-electron chi connectivity index (χ1n) is 5.41. The van der Waals surface area contributed by atoms with Gasteiger partial charge in [0.05, 0.1) is 6.10 Å². The summed E-state index contributed by atoms with van der Waals surface area (Å²) >= 11 is 5.09. The van der Waals surface area contributed by atoms with Gasteiger partial charge in [-0.1, -0.05) is 18.2 Å². The van der Waals surface area contributed by atoms with Crippen LogP contribution in [0.25, 0.3) is 0 Å². The summed E-state index contributed by atoms with van der Waals surface area (Å²) in [6.07, 6.45) is 0.131. The minimum atomic E-state index is -0.439. The van der Waals surface area contributed by atoms with Gasteiger partial charge in [0.1, 0.15) is 11.9 Å². The van der Waals surface area contributed by atoms with Crippen molar-refractivity contribution in [1.82, 2.24) is 0 Å². The van der Waals surface area contributed by atoms with E-state index in [4.69, 9.17) is 4.74 Å². The summed E-state index contributed by atoms with van der Waals surface area (Å²) in [4.78, 5) is 1.14. The van der Waals surface area contributed by atoms with E-state index in [1.807, 2.05) is 29.6 Å². The highest BCUT2D eigenvalue weighted by Gasteiger charge is 2.28. The Morgan fingerprint density at radius 3 is 2.94 bits per heavy atom. The molecular formula is C13H11BrO2S. The van der Waals surface area contributed by atoms with E-state index in [9.17, 15) is 5.11 Å². The van der Waals surface area contributed by atoms with Crippen LogP contribution < -0.4 is 4.74 Å². The lowest BCUT2D eigenvalue weighted by Gasteiger charge is -2.28. The molecule has 2 aromatic rings. The Labute approximate surface area is 112 Å². The van der Waals surface area contributed by atoms with Crippen molar-refractivity contribution in [2.24, 2.45) is 0 Å². The molecule has 2 nitrogen and oxygen atoms in total. The molecule has 3 rings (SSSR count). The SMILES string of the molecule is OC1CC(c2cc(Br)cs2)Oc2ccccc21. The first-order chi connectivity index (χ1) is 8.24. The predicted octanol–water partition coefficient (Wildman–Crippen LogP) is 4.07. The second-order valence-electron chi connectivity index (χ2n) is 4.06. The molecule has 1 aromatic carbocycles. The van der Waals surface area contributed by atoms with E-state index in [1.54, 1.807) is 11.3 Å². The minimum absolute atomic E-state index is 0.0452. The third kappa shape index (κ3) is 2.12. The van der Waals surface area contributed by atoms with E-state index in [2.05, 4.69) is 22.0 Å². The van der Waals surface area contributed by atoms with Crippen molar-refractivity contribution in [3.05, 3.63) is 50.6 Å². The maximum absolute atomic E-state index is 10.1. The third-order valence-electron chi connectivity index (χ3n) is 2.89. The zero-order chi connectivity index (χ0) is 11.8. The Hall–Kier alpha value is -0.840. The minimum Gasteiger partial charge on any atom is -0.484 e. The summed E-state index contributed by atoms with van der Waals surface area (Å²) in [5.41, 5.74) is 0.888. The number of para-hydroxylation sites is 1. The molecule has 0 spiro atoms. The first kappa shape index (κ1) is 11.3. The molecule has 0 amide bonds. The summed E-state index contributed by atoms with van der Waals surface area (Å²) < 4.78 is 7.00. The van der Waals surface area contributed by atoms with Gasteiger partial charge in [-0.3, -0.25) is 0 Å². The maximum Gasteiger partial charge on any atom is 0.136 e. The number of benzene rings is 1. The molecule has 0 bridgehead atoms. The fourth-order valence-electron chi connectivity index (χ4n) is 2.07. The number of rotatable bonds is 1. The molecule has 2 heterocycles. The molecule has 2 unspecified atom stereocenters. The van der Waals surface area contributed by atoms with Crippen molar-refractivity contribution < 1.29 is 9.84 Å². The highest BCUT2D eigenvalue weighted by Crippen LogP contribution is 2.42. The number of aliphatic hydroxyl groups excluding tert-OH is 1. The molecule has 1 aliphatic heterocycles. The molecule has 1 aromatic heterocycles. The zero-order valence-corrected chi connectivity index (χ0v) is 11.4. The van der Waals surface area contributed by atoms with Crippen LogP contribution in [0, 0.1) is 0 Å². The average molecular weight is 311 g/mol. The van der Waals surface area contributed by atoms with Gasteiger partial charge >= 0.3 is 0 Å². The lowest BCUT2D eigenvalue weighted by atomic mass is 9.98. The monoisotopic (exact) mass is 310 g/mol. The number of thiophene rings is 1. The number of ether oxygens (including phenoxy) is 1. The normalized spacial score (nSPS) is 22.9. The van der Waals surface area contributed by atoms with Crippen LogP contribution in [-0.4, -0.2) is 5.11 Å². The molecule has 1 N–H and O–H groups in total.